The molecule has 1 aliphatic carbocycles. The highest BCUT2D eigenvalue weighted by Gasteiger charge is 2.31. The average molecular weight is 522 g/mol. The van der Waals surface area contributed by atoms with Crippen LogP contribution in [-0.2, 0) is 35.5 Å². The highest BCUT2D eigenvalue weighted by Crippen LogP contribution is 2.41. The molecule has 2 aliphatic rings. The Morgan fingerprint density at radius 2 is 1.97 bits per heavy atom. The van der Waals surface area contributed by atoms with Gasteiger partial charge < -0.3 is 24.9 Å². The van der Waals surface area contributed by atoms with Gasteiger partial charge in [-0.15, -0.1) is 0 Å². The van der Waals surface area contributed by atoms with Crippen molar-refractivity contribution in [2.45, 2.75) is 78.0 Å². The molecular formula is C30H36FN3O4. The van der Waals surface area contributed by atoms with Crippen molar-refractivity contribution in [1.82, 2.24) is 9.55 Å². The third-order valence-corrected chi connectivity index (χ3v) is 7.74. The van der Waals surface area contributed by atoms with E-state index in [4.69, 9.17) is 20.6 Å². The third-order valence-electron chi connectivity index (χ3n) is 7.74. The zero-order valence-corrected chi connectivity index (χ0v) is 22.8. The van der Waals surface area contributed by atoms with Gasteiger partial charge in [0.15, 0.2) is 0 Å². The van der Waals surface area contributed by atoms with Gasteiger partial charge in [0.1, 0.15) is 12.1 Å². The number of hydrogen-bond donors (Lipinski definition) is 2. The number of hydrogen-bond acceptors (Lipinski definition) is 6. The maximum Gasteiger partial charge on any atom is 0.257 e. The molecule has 3 aromatic rings. The molecule has 0 bridgehead atoms. The van der Waals surface area contributed by atoms with Gasteiger partial charge in [-0.25, -0.2) is 9.37 Å². The quantitative estimate of drug-likeness (QED) is 0.364. The Hall–Kier alpha value is -3.36. The fraction of sp³-hybridized carbons (Fsp3) is 0.433. The molecule has 3 N–H and O–H groups in total. The first-order valence-corrected chi connectivity index (χ1v) is 13.0. The number of carbonyl (C=O) groups is 1. The van der Waals surface area contributed by atoms with Crippen LogP contribution in [0.2, 0.25) is 0 Å². The molecule has 1 aliphatic heterocycles. The first-order chi connectivity index (χ1) is 17.9. The maximum absolute atomic E-state index is 14.6. The van der Waals surface area contributed by atoms with Gasteiger partial charge in [-0.05, 0) is 74.8 Å². The van der Waals surface area contributed by atoms with Crippen LogP contribution in [0.4, 0.5) is 4.39 Å². The molecular weight excluding hydrogens is 485 g/mol. The number of aromatic nitrogens is 2. The fourth-order valence-electron chi connectivity index (χ4n) is 5.33. The Balaban J connectivity index is 0.000000426. The average Bonchev–Trinajstić information content (AvgIpc) is 3.24. The minimum absolute atomic E-state index is 0.137. The smallest absolute Gasteiger partial charge is 0.257 e. The molecule has 1 atom stereocenters. The summed E-state index contributed by atoms with van der Waals surface area (Å²) in [5.74, 6) is -0.611. The van der Waals surface area contributed by atoms with E-state index in [1.807, 2.05) is 19.9 Å². The summed E-state index contributed by atoms with van der Waals surface area (Å²) < 4.78 is 21.6. The van der Waals surface area contributed by atoms with Gasteiger partial charge >= 0.3 is 0 Å². The molecule has 2 aromatic heterocycles. The number of pyridine rings is 2. The summed E-state index contributed by atoms with van der Waals surface area (Å²) >= 11 is 0. The number of nitrogens with zero attached hydrogens (tertiary/aromatic N) is 2. The Morgan fingerprint density at radius 3 is 2.55 bits per heavy atom. The molecule has 0 saturated heterocycles. The number of halogens is 1. The largest absolute Gasteiger partial charge is 0.400 e. The van der Waals surface area contributed by atoms with E-state index in [0.29, 0.717) is 46.6 Å². The molecule has 8 heteroatoms. The van der Waals surface area contributed by atoms with Crippen LogP contribution in [0.15, 0.2) is 29.2 Å². The van der Waals surface area contributed by atoms with Crippen molar-refractivity contribution in [3.63, 3.8) is 0 Å². The van der Waals surface area contributed by atoms with Gasteiger partial charge in [0.2, 0.25) is 0 Å². The lowest BCUT2D eigenvalue weighted by Gasteiger charge is -2.21. The molecule has 0 amide bonds. The predicted molar refractivity (Wildman–Crippen MR) is 147 cm³/mol. The standard InChI is InChI=1S/C25H25FN2O3.C5H11NO/c1-4-14(11-29)17-8-22-24-18(10-28(22)25(30)19(17)12-31-3)16-7-5-6-15-13(2)20(26)9-21(27-24)23(15)16;1-4(6)5(2,3)7/h8-9,11,14H,4-7,10,12H2,1-3H3;7H,1,6H2,2-3H3. The third kappa shape index (κ3) is 4.67. The van der Waals surface area contributed by atoms with Crippen molar-refractivity contribution in [3.8, 4) is 11.4 Å². The SMILES string of the molecule is C=C(N)C(C)(C)O.CCC(C=O)c1cc2n(c(=O)c1COC)Cc1c-2nc2cc(F)c(C)c3c2c1CCC3. The molecule has 202 valence electrons. The topological polar surface area (TPSA) is 107 Å². The minimum Gasteiger partial charge on any atom is -0.400 e. The van der Waals surface area contributed by atoms with Gasteiger partial charge in [-0.2, -0.15) is 0 Å². The zero-order valence-electron chi connectivity index (χ0n) is 22.8. The van der Waals surface area contributed by atoms with Crippen molar-refractivity contribution >= 4 is 17.2 Å². The molecule has 3 heterocycles. The first-order valence-electron chi connectivity index (χ1n) is 13.0. The van der Waals surface area contributed by atoms with Crippen molar-refractivity contribution in [2.24, 2.45) is 5.73 Å². The highest BCUT2D eigenvalue weighted by molar-refractivity contribution is 5.92. The normalized spacial score (nSPS) is 14.4. The summed E-state index contributed by atoms with van der Waals surface area (Å²) in [6, 6.07) is 3.44. The second kappa shape index (κ2) is 10.4. The Morgan fingerprint density at radius 1 is 1.32 bits per heavy atom. The van der Waals surface area contributed by atoms with Crippen molar-refractivity contribution in [2.75, 3.05) is 7.11 Å². The van der Waals surface area contributed by atoms with Gasteiger partial charge in [0.25, 0.3) is 5.56 Å². The number of benzene rings is 1. The minimum atomic E-state index is -0.917. The number of aryl methyl sites for hydroxylation is 2. The number of aliphatic hydroxyl groups is 1. The van der Waals surface area contributed by atoms with E-state index >= 15 is 0 Å². The van der Waals surface area contributed by atoms with Crippen LogP contribution in [0.5, 0.6) is 0 Å². The van der Waals surface area contributed by atoms with E-state index < -0.39 is 5.60 Å². The molecule has 1 unspecified atom stereocenters. The molecule has 5 rings (SSSR count). The number of rotatable bonds is 6. The summed E-state index contributed by atoms with van der Waals surface area (Å²) in [6.07, 6.45) is 4.19. The second-order valence-electron chi connectivity index (χ2n) is 10.7. The van der Waals surface area contributed by atoms with Crippen molar-refractivity contribution in [1.29, 1.82) is 0 Å². The van der Waals surface area contributed by atoms with E-state index in [0.717, 1.165) is 47.8 Å². The maximum atomic E-state index is 14.6. The number of nitrogens with two attached hydrogens (primary N) is 1. The fourth-order valence-corrected chi connectivity index (χ4v) is 5.33. The van der Waals surface area contributed by atoms with Crippen LogP contribution in [0.1, 0.15) is 72.9 Å². The molecule has 0 spiro atoms. The lowest BCUT2D eigenvalue weighted by Crippen LogP contribution is -2.26. The van der Waals surface area contributed by atoms with Crippen LogP contribution in [0, 0.1) is 12.7 Å². The van der Waals surface area contributed by atoms with Crippen LogP contribution >= 0.6 is 0 Å². The van der Waals surface area contributed by atoms with Gasteiger partial charge in [0, 0.05) is 41.3 Å². The summed E-state index contributed by atoms with van der Waals surface area (Å²) in [5, 5.41) is 9.93. The molecule has 0 saturated carbocycles. The van der Waals surface area contributed by atoms with E-state index in [1.165, 1.54) is 11.6 Å². The Labute approximate surface area is 222 Å². The van der Waals surface area contributed by atoms with E-state index in [9.17, 15) is 14.0 Å². The molecule has 7 nitrogen and oxygen atoms in total. The number of carbonyl (C=O) groups excluding carboxylic acids is 1. The lowest BCUT2D eigenvalue weighted by atomic mass is 9.85. The first kappa shape index (κ1) is 27.7. The summed E-state index contributed by atoms with van der Waals surface area (Å²) in [6.45, 7) is 10.9. The van der Waals surface area contributed by atoms with Crippen LogP contribution in [0.25, 0.3) is 22.3 Å². The molecule has 38 heavy (non-hydrogen) atoms. The summed E-state index contributed by atoms with van der Waals surface area (Å²) in [5.41, 5.74) is 11.7. The molecule has 1 aromatic carbocycles. The highest BCUT2D eigenvalue weighted by atomic mass is 19.1. The van der Waals surface area contributed by atoms with Crippen molar-refractivity contribution < 1.29 is 19.0 Å². The van der Waals surface area contributed by atoms with Crippen molar-refractivity contribution in [3.05, 3.63) is 74.0 Å². The van der Waals surface area contributed by atoms with E-state index in [-0.39, 0.29) is 23.9 Å². The van der Waals surface area contributed by atoms with Gasteiger partial charge in [-0.3, -0.25) is 4.79 Å². The van der Waals surface area contributed by atoms with Gasteiger partial charge in [-0.1, -0.05) is 13.5 Å². The van der Waals surface area contributed by atoms with Crippen LogP contribution in [-0.4, -0.2) is 33.7 Å². The number of methoxy groups -OCH3 is 1. The number of fused-ring (bicyclic) bond motifs is 4. The van der Waals surface area contributed by atoms with E-state index in [2.05, 4.69) is 6.58 Å². The monoisotopic (exact) mass is 521 g/mol. The summed E-state index contributed by atoms with van der Waals surface area (Å²) in [7, 11) is 1.55. The Kier molecular flexibility index (Phi) is 7.59. The van der Waals surface area contributed by atoms with E-state index in [1.54, 1.807) is 25.5 Å². The summed E-state index contributed by atoms with van der Waals surface area (Å²) in [4.78, 5) is 30.0. The molecule has 0 radical (unpaired) electrons. The Bertz CT molecular complexity index is 1500. The zero-order chi connectivity index (χ0) is 27.9. The van der Waals surface area contributed by atoms with Crippen LogP contribution < -0.4 is 11.3 Å². The second-order valence-corrected chi connectivity index (χ2v) is 10.7. The van der Waals surface area contributed by atoms with Crippen LogP contribution in [0.3, 0.4) is 0 Å². The number of ether oxygens (including phenoxy) is 1. The number of aldehydes is 1. The lowest BCUT2D eigenvalue weighted by molar-refractivity contribution is -0.109. The molecule has 0 fully saturated rings. The predicted octanol–water partition coefficient (Wildman–Crippen LogP) is 4.43. The van der Waals surface area contributed by atoms with Gasteiger partial charge in [0.05, 0.1) is 35.7 Å².